The highest BCUT2D eigenvalue weighted by molar-refractivity contribution is 7.80. The number of thiocarbonyl (C=S) groups is 1. The number of halogens is 2. The molecule has 2 N–H and O–H groups in total. The van der Waals surface area contributed by atoms with Gasteiger partial charge in [-0.2, -0.15) is 0 Å². The van der Waals surface area contributed by atoms with Gasteiger partial charge in [0.15, 0.2) is 5.11 Å². The van der Waals surface area contributed by atoms with Gasteiger partial charge in [0.05, 0.1) is 35.5 Å². The van der Waals surface area contributed by atoms with E-state index in [-0.39, 0.29) is 15.6 Å². The zero-order chi connectivity index (χ0) is 19.4. The van der Waals surface area contributed by atoms with Gasteiger partial charge in [-0.15, -0.1) is 11.3 Å². The molecule has 0 bridgehead atoms. The van der Waals surface area contributed by atoms with E-state index in [4.69, 9.17) is 44.9 Å². The van der Waals surface area contributed by atoms with Crippen molar-refractivity contribution in [3.63, 3.8) is 0 Å². The van der Waals surface area contributed by atoms with Crippen LogP contribution in [0.15, 0.2) is 18.2 Å². The fraction of sp³-hybridized carbons (Fsp3) is 0.188. The highest BCUT2D eigenvalue weighted by atomic mass is 35.5. The van der Waals surface area contributed by atoms with Crippen LogP contribution in [0.3, 0.4) is 0 Å². The Morgan fingerprint density at radius 2 is 1.77 bits per heavy atom. The SMILES string of the molecule is COC(=O)c1sc(NC(=S)Nc2cccc(Cl)c2Cl)c(C(=O)OC)c1C. The van der Waals surface area contributed by atoms with E-state index in [0.717, 1.165) is 11.3 Å². The molecule has 26 heavy (non-hydrogen) atoms. The van der Waals surface area contributed by atoms with Gasteiger partial charge in [-0.25, -0.2) is 9.59 Å². The Kier molecular flexibility index (Phi) is 6.82. The minimum Gasteiger partial charge on any atom is -0.465 e. The lowest BCUT2D eigenvalue weighted by Crippen LogP contribution is -2.20. The number of benzene rings is 1. The van der Waals surface area contributed by atoms with Gasteiger partial charge < -0.3 is 20.1 Å². The number of ether oxygens (including phenoxy) is 2. The van der Waals surface area contributed by atoms with Crippen molar-refractivity contribution < 1.29 is 19.1 Å². The topological polar surface area (TPSA) is 76.7 Å². The number of nitrogens with one attached hydrogen (secondary N) is 2. The quantitative estimate of drug-likeness (QED) is 0.533. The monoisotopic (exact) mass is 432 g/mol. The Morgan fingerprint density at radius 3 is 2.38 bits per heavy atom. The average Bonchev–Trinajstić information content (AvgIpc) is 2.93. The first-order valence-corrected chi connectivity index (χ1v) is 9.10. The van der Waals surface area contributed by atoms with E-state index < -0.39 is 11.9 Å². The van der Waals surface area contributed by atoms with E-state index in [0.29, 0.717) is 26.3 Å². The standard InChI is InChI=1S/C16H14Cl2N2O4S2/c1-7-10(14(21)23-2)13(26-12(7)15(22)24-3)20-16(25)19-9-6-4-5-8(17)11(9)18/h4-6H,1-3H3,(H2,19,20,25). The van der Waals surface area contributed by atoms with Crippen molar-refractivity contribution >= 4 is 74.5 Å². The summed E-state index contributed by atoms with van der Waals surface area (Å²) < 4.78 is 9.53. The predicted octanol–water partition coefficient (Wildman–Crippen LogP) is 4.75. The van der Waals surface area contributed by atoms with Crippen LogP contribution in [0.4, 0.5) is 10.7 Å². The second kappa shape index (κ2) is 8.68. The minimum atomic E-state index is -0.597. The predicted molar refractivity (Wildman–Crippen MR) is 108 cm³/mol. The molecule has 2 aromatic rings. The van der Waals surface area contributed by atoms with Crippen molar-refractivity contribution in [3.8, 4) is 0 Å². The van der Waals surface area contributed by atoms with Gasteiger partial charge in [-0.05, 0) is 36.8 Å². The number of rotatable bonds is 4. The molecule has 0 atom stereocenters. The highest BCUT2D eigenvalue weighted by Crippen LogP contribution is 2.35. The molecule has 0 saturated heterocycles. The molecule has 10 heteroatoms. The van der Waals surface area contributed by atoms with Crippen molar-refractivity contribution in [3.05, 3.63) is 44.2 Å². The molecule has 0 amide bonds. The van der Waals surface area contributed by atoms with Crippen LogP contribution in [0, 0.1) is 6.92 Å². The van der Waals surface area contributed by atoms with Crippen LogP contribution in [-0.4, -0.2) is 31.3 Å². The van der Waals surface area contributed by atoms with Crippen molar-refractivity contribution in [2.24, 2.45) is 0 Å². The number of esters is 2. The summed E-state index contributed by atoms with van der Waals surface area (Å²) in [4.78, 5) is 24.3. The lowest BCUT2D eigenvalue weighted by molar-refractivity contribution is 0.0601. The van der Waals surface area contributed by atoms with Gasteiger partial charge in [-0.1, -0.05) is 29.3 Å². The zero-order valence-corrected chi connectivity index (χ0v) is 17.1. The summed E-state index contributed by atoms with van der Waals surface area (Å²) in [6.07, 6.45) is 0. The van der Waals surface area contributed by atoms with Crippen LogP contribution >= 0.6 is 46.8 Å². The number of thiophene rings is 1. The summed E-state index contributed by atoms with van der Waals surface area (Å²) in [5.74, 6) is -1.15. The minimum absolute atomic E-state index is 0.164. The summed E-state index contributed by atoms with van der Waals surface area (Å²) in [5.41, 5.74) is 1.15. The lowest BCUT2D eigenvalue weighted by Gasteiger charge is -2.12. The van der Waals surface area contributed by atoms with Crippen molar-refractivity contribution in [1.82, 2.24) is 0 Å². The summed E-state index contributed by atoms with van der Waals surface area (Å²) in [5, 5.41) is 6.98. The molecule has 0 unspecified atom stereocenters. The molecule has 1 aromatic heterocycles. The van der Waals surface area contributed by atoms with E-state index in [1.165, 1.54) is 14.2 Å². The highest BCUT2D eigenvalue weighted by Gasteiger charge is 2.26. The maximum absolute atomic E-state index is 12.1. The van der Waals surface area contributed by atoms with Crippen molar-refractivity contribution in [1.29, 1.82) is 0 Å². The molecule has 0 radical (unpaired) electrons. The molecule has 1 heterocycles. The van der Waals surface area contributed by atoms with Gasteiger partial charge in [-0.3, -0.25) is 0 Å². The first-order chi connectivity index (χ1) is 12.3. The van der Waals surface area contributed by atoms with Gasteiger partial charge in [0.25, 0.3) is 0 Å². The largest absolute Gasteiger partial charge is 0.465 e. The van der Waals surface area contributed by atoms with E-state index >= 15 is 0 Å². The van der Waals surface area contributed by atoms with E-state index in [1.54, 1.807) is 25.1 Å². The third kappa shape index (κ3) is 4.27. The van der Waals surface area contributed by atoms with Gasteiger partial charge in [0, 0.05) is 0 Å². The van der Waals surface area contributed by atoms with Gasteiger partial charge in [0.1, 0.15) is 9.88 Å². The Labute approximate surface area is 169 Å². The molecule has 1 aromatic carbocycles. The van der Waals surface area contributed by atoms with Crippen LogP contribution in [0.2, 0.25) is 10.0 Å². The molecular formula is C16H14Cl2N2O4S2. The molecule has 138 valence electrons. The molecule has 0 aliphatic heterocycles. The average molecular weight is 433 g/mol. The molecule has 0 fully saturated rings. The lowest BCUT2D eigenvalue weighted by atomic mass is 10.1. The number of hydrogen-bond donors (Lipinski definition) is 2. The number of anilines is 2. The summed E-state index contributed by atoms with van der Waals surface area (Å²) in [6, 6.07) is 5.05. The number of carbonyl (C=O) groups excluding carboxylic acids is 2. The molecule has 0 spiro atoms. The van der Waals surface area contributed by atoms with Crippen LogP contribution in [-0.2, 0) is 9.47 Å². The fourth-order valence-electron chi connectivity index (χ4n) is 2.09. The maximum atomic E-state index is 12.1. The molecule has 2 rings (SSSR count). The normalized spacial score (nSPS) is 10.2. The van der Waals surface area contributed by atoms with Crippen molar-refractivity contribution in [2.45, 2.75) is 6.92 Å². The summed E-state index contributed by atoms with van der Waals surface area (Å²) in [7, 11) is 2.52. The first-order valence-electron chi connectivity index (χ1n) is 7.12. The Morgan fingerprint density at radius 1 is 1.12 bits per heavy atom. The van der Waals surface area contributed by atoms with Crippen LogP contribution in [0.5, 0.6) is 0 Å². The second-order valence-corrected chi connectivity index (χ2v) is 7.14. The Bertz CT molecular complexity index is 883. The number of carbonyl (C=O) groups is 2. The van der Waals surface area contributed by atoms with E-state index in [9.17, 15) is 9.59 Å². The molecule has 6 nitrogen and oxygen atoms in total. The van der Waals surface area contributed by atoms with Crippen molar-refractivity contribution in [2.75, 3.05) is 24.9 Å². The van der Waals surface area contributed by atoms with E-state index in [1.807, 2.05) is 0 Å². The van der Waals surface area contributed by atoms with Crippen LogP contribution in [0.1, 0.15) is 25.6 Å². The third-order valence-corrected chi connectivity index (χ3v) is 5.54. The molecular weight excluding hydrogens is 419 g/mol. The fourth-order valence-corrected chi connectivity index (χ4v) is 3.84. The number of hydrogen-bond acceptors (Lipinski definition) is 6. The zero-order valence-electron chi connectivity index (χ0n) is 13.9. The third-order valence-electron chi connectivity index (χ3n) is 3.33. The first kappa shape index (κ1) is 20.4. The summed E-state index contributed by atoms with van der Waals surface area (Å²) >= 11 is 18.4. The summed E-state index contributed by atoms with van der Waals surface area (Å²) in [6.45, 7) is 1.63. The smallest absolute Gasteiger partial charge is 0.348 e. The van der Waals surface area contributed by atoms with Gasteiger partial charge >= 0.3 is 11.9 Å². The Hall–Kier alpha value is -1.87. The molecule has 0 aliphatic carbocycles. The second-order valence-electron chi connectivity index (χ2n) is 4.92. The Balaban J connectivity index is 2.32. The van der Waals surface area contributed by atoms with Crippen LogP contribution in [0.25, 0.3) is 0 Å². The maximum Gasteiger partial charge on any atom is 0.348 e. The van der Waals surface area contributed by atoms with Crippen LogP contribution < -0.4 is 10.6 Å². The van der Waals surface area contributed by atoms with E-state index in [2.05, 4.69) is 10.6 Å². The molecule has 0 aliphatic rings. The number of methoxy groups -OCH3 is 2. The van der Waals surface area contributed by atoms with Gasteiger partial charge in [0.2, 0.25) is 0 Å². The molecule has 0 saturated carbocycles.